The fourth-order valence-corrected chi connectivity index (χ4v) is 1.19. The number of ether oxygens (including phenoxy) is 2. The second-order valence-electron chi connectivity index (χ2n) is 3.50. The summed E-state index contributed by atoms with van der Waals surface area (Å²) in [7, 11) is 1.27. The number of carbonyl (C=O) groups is 2. The van der Waals surface area contributed by atoms with Crippen molar-refractivity contribution in [3.8, 4) is 5.75 Å². The summed E-state index contributed by atoms with van der Waals surface area (Å²) < 4.78 is 9.68. The Kier molecular flexibility index (Phi) is 5.44. The van der Waals surface area contributed by atoms with E-state index in [9.17, 15) is 9.59 Å². The first-order valence-electron chi connectivity index (χ1n) is 5.36. The number of methoxy groups -OCH3 is 1. The van der Waals surface area contributed by atoms with Gasteiger partial charge >= 0.3 is 5.97 Å². The van der Waals surface area contributed by atoms with Crippen LogP contribution in [0.25, 0.3) is 0 Å². The van der Waals surface area contributed by atoms with Gasteiger partial charge in [0.05, 0.1) is 7.11 Å². The Labute approximate surface area is 105 Å². The van der Waals surface area contributed by atoms with Crippen molar-refractivity contribution in [2.45, 2.75) is 6.92 Å². The van der Waals surface area contributed by atoms with Crippen molar-refractivity contribution in [2.75, 3.05) is 13.7 Å². The molecule has 1 rings (SSSR count). The highest BCUT2D eigenvalue weighted by molar-refractivity contribution is 5.85. The Hall–Kier alpha value is -2.30. The Morgan fingerprint density at radius 1 is 1.28 bits per heavy atom. The average molecular weight is 249 g/mol. The van der Waals surface area contributed by atoms with Gasteiger partial charge < -0.3 is 14.8 Å². The normalized spacial score (nSPS) is 10.7. The van der Waals surface area contributed by atoms with Gasteiger partial charge in [0, 0.05) is 11.8 Å². The van der Waals surface area contributed by atoms with Gasteiger partial charge in [-0.05, 0) is 19.1 Å². The molecule has 0 atom stereocenters. The molecule has 1 aromatic rings. The smallest absolute Gasteiger partial charge is 0.332 e. The number of para-hydroxylation sites is 1. The molecular formula is C13H15NO4. The summed E-state index contributed by atoms with van der Waals surface area (Å²) in [5, 5.41) is 2.51. The molecule has 0 bridgehead atoms. The number of allylic oxidation sites excluding steroid dienone is 1. The van der Waals surface area contributed by atoms with Crippen molar-refractivity contribution in [1.82, 2.24) is 5.32 Å². The first-order valence-corrected chi connectivity index (χ1v) is 5.36. The Morgan fingerprint density at radius 3 is 2.56 bits per heavy atom. The van der Waals surface area contributed by atoms with Gasteiger partial charge in [-0.15, -0.1) is 0 Å². The average Bonchev–Trinajstić information content (AvgIpc) is 2.37. The molecule has 18 heavy (non-hydrogen) atoms. The summed E-state index contributed by atoms with van der Waals surface area (Å²) in [5.74, 6) is -0.240. The first-order chi connectivity index (χ1) is 8.61. The van der Waals surface area contributed by atoms with Crippen LogP contribution in [0.3, 0.4) is 0 Å². The van der Waals surface area contributed by atoms with Crippen molar-refractivity contribution in [3.63, 3.8) is 0 Å². The number of nitrogens with one attached hydrogen (secondary N) is 1. The van der Waals surface area contributed by atoms with Crippen LogP contribution >= 0.6 is 0 Å². The molecule has 5 nitrogen and oxygen atoms in total. The molecule has 0 aliphatic heterocycles. The molecule has 0 heterocycles. The lowest BCUT2D eigenvalue weighted by Crippen LogP contribution is -2.27. The van der Waals surface area contributed by atoms with E-state index in [0.29, 0.717) is 11.4 Å². The molecule has 96 valence electrons. The number of rotatable bonds is 5. The Balaban J connectivity index is 2.38. The minimum atomic E-state index is -0.517. The molecule has 1 aromatic carbocycles. The zero-order valence-corrected chi connectivity index (χ0v) is 10.3. The number of carbonyl (C=O) groups excluding carboxylic acids is 2. The third-order valence-corrected chi connectivity index (χ3v) is 1.99. The molecule has 5 heteroatoms. The molecule has 1 N–H and O–H groups in total. The van der Waals surface area contributed by atoms with Crippen LogP contribution in [-0.4, -0.2) is 25.6 Å². The fraction of sp³-hybridized carbons (Fsp3) is 0.231. The predicted molar refractivity (Wildman–Crippen MR) is 65.9 cm³/mol. The van der Waals surface area contributed by atoms with Crippen molar-refractivity contribution < 1.29 is 19.1 Å². The van der Waals surface area contributed by atoms with E-state index >= 15 is 0 Å². The molecule has 0 unspecified atom stereocenters. The zero-order valence-electron chi connectivity index (χ0n) is 10.3. The minimum Gasteiger partial charge on any atom is -0.484 e. The van der Waals surface area contributed by atoms with E-state index in [1.54, 1.807) is 19.1 Å². The molecule has 1 amide bonds. The maximum atomic E-state index is 11.5. The standard InChI is InChI=1S/C13H15NO4/c1-10(8-13(16)17-2)14-12(15)9-18-11-6-4-3-5-7-11/h3-8H,9H2,1-2H3,(H,14,15)/b10-8+. The minimum absolute atomic E-state index is 0.115. The largest absolute Gasteiger partial charge is 0.484 e. The van der Waals surface area contributed by atoms with Crippen molar-refractivity contribution in [3.05, 3.63) is 42.1 Å². The highest BCUT2D eigenvalue weighted by Crippen LogP contribution is 2.07. The number of hydrogen-bond donors (Lipinski definition) is 1. The topological polar surface area (TPSA) is 64.6 Å². The van der Waals surface area contributed by atoms with Crippen LogP contribution in [-0.2, 0) is 14.3 Å². The molecule has 0 saturated carbocycles. The van der Waals surface area contributed by atoms with Crippen LogP contribution in [0.1, 0.15) is 6.92 Å². The second kappa shape index (κ2) is 7.11. The van der Waals surface area contributed by atoms with Crippen LogP contribution in [0.2, 0.25) is 0 Å². The SMILES string of the molecule is COC(=O)/C=C(\C)NC(=O)COc1ccccc1. The third kappa shape index (κ3) is 5.16. The van der Waals surface area contributed by atoms with Gasteiger partial charge in [0.25, 0.3) is 5.91 Å². The summed E-state index contributed by atoms with van der Waals surface area (Å²) in [6.07, 6.45) is 1.19. The van der Waals surface area contributed by atoms with Crippen LogP contribution in [0.15, 0.2) is 42.1 Å². The molecular weight excluding hydrogens is 234 g/mol. The van der Waals surface area contributed by atoms with Crippen molar-refractivity contribution in [2.24, 2.45) is 0 Å². The summed E-state index contributed by atoms with van der Waals surface area (Å²) in [4.78, 5) is 22.4. The summed E-state index contributed by atoms with van der Waals surface area (Å²) >= 11 is 0. The van der Waals surface area contributed by atoms with Crippen LogP contribution in [0.5, 0.6) is 5.75 Å². The van der Waals surface area contributed by atoms with Gasteiger partial charge in [-0.25, -0.2) is 4.79 Å². The molecule has 0 radical (unpaired) electrons. The van der Waals surface area contributed by atoms with Crippen LogP contribution in [0, 0.1) is 0 Å². The van der Waals surface area contributed by atoms with E-state index in [4.69, 9.17) is 4.74 Å². The number of benzene rings is 1. The van der Waals surface area contributed by atoms with E-state index in [0.717, 1.165) is 0 Å². The number of hydrogen-bond acceptors (Lipinski definition) is 4. The summed E-state index contributed by atoms with van der Waals surface area (Å²) in [5.41, 5.74) is 0.406. The van der Waals surface area contributed by atoms with Crippen molar-refractivity contribution >= 4 is 11.9 Å². The lowest BCUT2D eigenvalue weighted by atomic mass is 10.3. The quantitative estimate of drug-likeness (QED) is 0.630. The summed E-state index contributed by atoms with van der Waals surface area (Å²) in [6, 6.07) is 9.00. The van der Waals surface area contributed by atoms with Gasteiger partial charge in [0.1, 0.15) is 5.75 Å². The lowest BCUT2D eigenvalue weighted by molar-refractivity contribution is -0.134. The molecule has 0 fully saturated rings. The highest BCUT2D eigenvalue weighted by atomic mass is 16.5. The fourth-order valence-electron chi connectivity index (χ4n) is 1.19. The van der Waals surface area contributed by atoms with Crippen LogP contribution < -0.4 is 10.1 Å². The maximum Gasteiger partial charge on any atom is 0.332 e. The molecule has 0 aromatic heterocycles. The van der Waals surface area contributed by atoms with Crippen molar-refractivity contribution in [1.29, 1.82) is 0 Å². The van der Waals surface area contributed by atoms with Gasteiger partial charge in [0.2, 0.25) is 0 Å². The van der Waals surface area contributed by atoms with Gasteiger partial charge in [-0.2, -0.15) is 0 Å². The maximum absolute atomic E-state index is 11.5. The van der Waals surface area contributed by atoms with E-state index < -0.39 is 5.97 Å². The summed E-state index contributed by atoms with van der Waals surface area (Å²) in [6.45, 7) is 1.48. The second-order valence-corrected chi connectivity index (χ2v) is 3.50. The van der Waals surface area contributed by atoms with E-state index in [1.807, 2.05) is 18.2 Å². The highest BCUT2D eigenvalue weighted by Gasteiger charge is 2.04. The third-order valence-electron chi connectivity index (χ3n) is 1.99. The van der Waals surface area contributed by atoms with Crippen LogP contribution in [0.4, 0.5) is 0 Å². The Morgan fingerprint density at radius 2 is 1.94 bits per heavy atom. The zero-order chi connectivity index (χ0) is 13.4. The molecule has 0 saturated heterocycles. The monoisotopic (exact) mass is 249 g/mol. The Bertz CT molecular complexity index is 440. The van der Waals surface area contributed by atoms with E-state index in [2.05, 4.69) is 10.1 Å². The van der Waals surface area contributed by atoms with Gasteiger partial charge in [-0.1, -0.05) is 18.2 Å². The van der Waals surface area contributed by atoms with Gasteiger partial charge in [-0.3, -0.25) is 4.79 Å². The number of amides is 1. The predicted octanol–water partition coefficient (Wildman–Crippen LogP) is 1.26. The molecule has 0 aliphatic rings. The number of esters is 1. The lowest BCUT2D eigenvalue weighted by Gasteiger charge is -2.07. The van der Waals surface area contributed by atoms with Gasteiger partial charge in [0.15, 0.2) is 6.61 Å². The molecule has 0 aliphatic carbocycles. The first kappa shape index (κ1) is 13.8. The molecule has 0 spiro atoms. The van der Waals surface area contributed by atoms with E-state index in [1.165, 1.54) is 13.2 Å². The van der Waals surface area contributed by atoms with E-state index in [-0.39, 0.29) is 12.5 Å².